The third-order valence-electron chi connectivity index (χ3n) is 3.57. The van der Waals surface area contributed by atoms with Gasteiger partial charge in [-0.2, -0.15) is 0 Å². The van der Waals surface area contributed by atoms with E-state index in [2.05, 4.69) is 4.74 Å². The summed E-state index contributed by atoms with van der Waals surface area (Å²) in [5.41, 5.74) is 0.982. The Morgan fingerprint density at radius 2 is 1.91 bits per heavy atom. The molecular weight excluding hydrogens is 299 g/mol. The molecule has 0 spiro atoms. The summed E-state index contributed by atoms with van der Waals surface area (Å²) in [5, 5.41) is 0.440. The Balaban J connectivity index is 2.38. The van der Waals surface area contributed by atoms with E-state index in [0.29, 0.717) is 16.5 Å². The summed E-state index contributed by atoms with van der Waals surface area (Å²) < 4.78 is 23.5. The van der Waals surface area contributed by atoms with E-state index in [1.165, 1.54) is 25.3 Å². The van der Waals surface area contributed by atoms with Crippen LogP contribution in [-0.2, 0) is 16.0 Å². The molecule has 23 heavy (non-hydrogen) atoms. The van der Waals surface area contributed by atoms with Crippen LogP contribution in [0.25, 0.3) is 22.1 Å². The molecule has 2 aromatic carbocycles. The maximum atomic E-state index is 13.7. The molecule has 0 unspecified atom stereocenters. The van der Waals surface area contributed by atoms with E-state index in [0.717, 1.165) is 0 Å². The van der Waals surface area contributed by atoms with E-state index in [-0.39, 0.29) is 17.6 Å². The van der Waals surface area contributed by atoms with Gasteiger partial charge in [-0.3, -0.25) is 4.79 Å². The molecule has 0 radical (unpaired) electrons. The second-order valence-electron chi connectivity index (χ2n) is 5.00. The van der Waals surface area contributed by atoms with E-state index < -0.39 is 17.4 Å². The van der Waals surface area contributed by atoms with Gasteiger partial charge in [0.1, 0.15) is 11.4 Å². The number of carbonyl (C=O) groups is 1. The normalized spacial score (nSPS) is 10.7. The van der Waals surface area contributed by atoms with Crippen LogP contribution in [0.2, 0.25) is 0 Å². The van der Waals surface area contributed by atoms with Crippen LogP contribution in [0.5, 0.6) is 0 Å². The van der Waals surface area contributed by atoms with E-state index in [1.54, 1.807) is 24.3 Å². The first-order valence-electron chi connectivity index (χ1n) is 6.97. The number of carbonyl (C=O) groups excluding carboxylic acids is 1. The van der Waals surface area contributed by atoms with Gasteiger partial charge in [-0.15, -0.1) is 0 Å². The molecule has 3 rings (SSSR count). The molecule has 0 bridgehead atoms. The smallest absolute Gasteiger partial charge is 0.340 e. The van der Waals surface area contributed by atoms with Crippen LogP contribution < -0.4 is 5.63 Å². The molecule has 0 fully saturated rings. The van der Waals surface area contributed by atoms with Gasteiger partial charge >= 0.3 is 11.6 Å². The third-order valence-corrected chi connectivity index (χ3v) is 3.57. The average Bonchev–Trinajstić information content (AvgIpc) is 2.56. The summed E-state index contributed by atoms with van der Waals surface area (Å²) in [7, 11) is 1.24. The van der Waals surface area contributed by atoms with Gasteiger partial charge in [-0.1, -0.05) is 30.3 Å². The van der Waals surface area contributed by atoms with Crippen LogP contribution in [0.4, 0.5) is 4.39 Å². The van der Waals surface area contributed by atoms with Crippen molar-refractivity contribution >= 4 is 16.9 Å². The fourth-order valence-corrected chi connectivity index (χ4v) is 2.52. The first-order chi connectivity index (χ1) is 11.1. The minimum absolute atomic E-state index is 0.154. The van der Waals surface area contributed by atoms with Gasteiger partial charge in [0.15, 0.2) is 0 Å². The van der Waals surface area contributed by atoms with Gasteiger partial charge in [-0.25, -0.2) is 9.18 Å². The lowest BCUT2D eigenvalue weighted by Crippen LogP contribution is -2.16. The molecule has 4 nitrogen and oxygen atoms in total. The van der Waals surface area contributed by atoms with Crippen molar-refractivity contribution in [3.05, 3.63) is 70.3 Å². The zero-order valence-electron chi connectivity index (χ0n) is 12.3. The number of rotatable bonds is 3. The van der Waals surface area contributed by atoms with E-state index in [1.807, 2.05) is 6.07 Å². The number of esters is 1. The Morgan fingerprint density at radius 1 is 1.17 bits per heavy atom. The van der Waals surface area contributed by atoms with Crippen LogP contribution >= 0.6 is 0 Å². The third kappa shape index (κ3) is 2.85. The molecule has 0 aliphatic heterocycles. The van der Waals surface area contributed by atoms with Crippen LogP contribution in [0.1, 0.15) is 5.56 Å². The minimum atomic E-state index is -0.631. The molecule has 0 amide bonds. The molecule has 1 heterocycles. The summed E-state index contributed by atoms with van der Waals surface area (Å²) in [6, 6.07) is 12.9. The lowest BCUT2D eigenvalue weighted by atomic mass is 9.95. The Morgan fingerprint density at radius 3 is 2.61 bits per heavy atom. The van der Waals surface area contributed by atoms with Crippen LogP contribution in [0.15, 0.2) is 57.7 Å². The summed E-state index contributed by atoms with van der Waals surface area (Å²) in [4.78, 5) is 23.9. The fraction of sp³-hybridized carbons (Fsp3) is 0.111. The molecule has 0 saturated heterocycles. The van der Waals surface area contributed by atoms with E-state index in [4.69, 9.17) is 4.42 Å². The minimum Gasteiger partial charge on any atom is -0.469 e. The summed E-state index contributed by atoms with van der Waals surface area (Å²) in [6.07, 6.45) is -0.241. The van der Waals surface area contributed by atoms with Crippen molar-refractivity contribution < 1.29 is 18.3 Å². The lowest BCUT2D eigenvalue weighted by molar-refractivity contribution is -0.139. The number of benzene rings is 2. The quantitative estimate of drug-likeness (QED) is 0.550. The van der Waals surface area contributed by atoms with Gasteiger partial charge < -0.3 is 9.15 Å². The van der Waals surface area contributed by atoms with Crippen LogP contribution in [0.3, 0.4) is 0 Å². The largest absolute Gasteiger partial charge is 0.469 e. The van der Waals surface area contributed by atoms with Crippen molar-refractivity contribution in [2.45, 2.75) is 6.42 Å². The second kappa shape index (κ2) is 6.04. The fourth-order valence-electron chi connectivity index (χ4n) is 2.52. The van der Waals surface area contributed by atoms with Crippen LogP contribution in [-0.4, -0.2) is 13.1 Å². The highest BCUT2D eigenvalue weighted by atomic mass is 19.1. The van der Waals surface area contributed by atoms with Crippen molar-refractivity contribution in [2.24, 2.45) is 0 Å². The number of hydrogen-bond acceptors (Lipinski definition) is 4. The molecule has 0 atom stereocenters. The molecule has 0 N–H and O–H groups in total. The first-order valence-corrected chi connectivity index (χ1v) is 6.97. The zero-order chi connectivity index (χ0) is 16.4. The van der Waals surface area contributed by atoms with E-state index in [9.17, 15) is 14.0 Å². The molecule has 0 aliphatic carbocycles. The number of halogens is 1. The SMILES string of the molecule is COC(=O)Cc1c(-c2ccccc2)c2cc(F)ccc2oc1=O. The van der Waals surface area contributed by atoms with Crippen molar-refractivity contribution in [1.82, 2.24) is 0 Å². The number of methoxy groups -OCH3 is 1. The van der Waals surface area contributed by atoms with Gasteiger partial charge in [0, 0.05) is 10.9 Å². The Hall–Kier alpha value is -2.95. The Kier molecular flexibility index (Phi) is 3.93. The number of fused-ring (bicyclic) bond motifs is 1. The Labute approximate surface area is 131 Å². The van der Waals surface area contributed by atoms with Gasteiger partial charge in [0.05, 0.1) is 19.1 Å². The molecule has 0 aliphatic rings. The van der Waals surface area contributed by atoms with Crippen LogP contribution in [0, 0.1) is 5.82 Å². The lowest BCUT2D eigenvalue weighted by Gasteiger charge is -2.11. The predicted octanol–water partition coefficient (Wildman–Crippen LogP) is 3.31. The summed E-state index contributed by atoms with van der Waals surface area (Å²) >= 11 is 0. The monoisotopic (exact) mass is 312 g/mol. The molecule has 3 aromatic rings. The van der Waals surface area contributed by atoms with Gasteiger partial charge in [-0.05, 0) is 23.8 Å². The molecule has 0 saturated carbocycles. The van der Waals surface area contributed by atoms with Gasteiger partial charge in [0.2, 0.25) is 0 Å². The number of hydrogen-bond donors (Lipinski definition) is 0. The maximum absolute atomic E-state index is 13.7. The average molecular weight is 312 g/mol. The highest BCUT2D eigenvalue weighted by Crippen LogP contribution is 2.31. The molecular formula is C18H13FO4. The predicted molar refractivity (Wildman–Crippen MR) is 83.6 cm³/mol. The summed E-state index contributed by atoms with van der Waals surface area (Å²) in [6.45, 7) is 0. The summed E-state index contributed by atoms with van der Waals surface area (Å²) in [5.74, 6) is -1.02. The van der Waals surface area contributed by atoms with Gasteiger partial charge in [0.25, 0.3) is 0 Å². The molecule has 1 aromatic heterocycles. The standard InChI is InChI=1S/C18H13FO4/c1-22-16(20)10-14-17(11-5-3-2-4-6-11)13-9-12(19)7-8-15(13)23-18(14)21/h2-9H,10H2,1H3. The zero-order valence-corrected chi connectivity index (χ0v) is 12.3. The second-order valence-corrected chi connectivity index (χ2v) is 5.00. The highest BCUT2D eigenvalue weighted by Gasteiger charge is 2.19. The van der Waals surface area contributed by atoms with Crippen molar-refractivity contribution in [3.63, 3.8) is 0 Å². The molecule has 5 heteroatoms. The Bertz CT molecular complexity index is 929. The van der Waals surface area contributed by atoms with Crippen molar-refractivity contribution in [2.75, 3.05) is 7.11 Å². The first kappa shape index (κ1) is 15.0. The highest BCUT2D eigenvalue weighted by molar-refractivity contribution is 5.96. The maximum Gasteiger partial charge on any atom is 0.340 e. The van der Waals surface area contributed by atoms with E-state index >= 15 is 0 Å². The topological polar surface area (TPSA) is 56.5 Å². The molecule has 116 valence electrons. The van der Waals surface area contributed by atoms with Crippen molar-refractivity contribution in [3.8, 4) is 11.1 Å². The number of ether oxygens (including phenoxy) is 1. The van der Waals surface area contributed by atoms with Crippen molar-refractivity contribution in [1.29, 1.82) is 0 Å².